The van der Waals surface area contributed by atoms with E-state index in [4.69, 9.17) is 5.73 Å². The quantitative estimate of drug-likeness (QED) is 0.273. The van der Waals surface area contributed by atoms with Crippen LogP contribution in [-0.4, -0.2) is 11.0 Å². The summed E-state index contributed by atoms with van der Waals surface area (Å²) in [5.74, 6) is 0. The van der Waals surface area contributed by atoms with Crippen molar-refractivity contribution in [2.45, 2.75) is 0 Å². The number of rotatable bonds is 2. The van der Waals surface area contributed by atoms with Gasteiger partial charge in [0.1, 0.15) is 0 Å². The van der Waals surface area contributed by atoms with Gasteiger partial charge in [-0.05, 0) is 24.3 Å². The number of nitrogen functional groups attached to an aromatic ring is 1. The lowest BCUT2D eigenvalue weighted by Crippen LogP contribution is -1.98. The van der Waals surface area contributed by atoms with Gasteiger partial charge in [0.05, 0.1) is 0 Å². The maximum atomic E-state index is 11.7. The van der Waals surface area contributed by atoms with E-state index in [0.29, 0.717) is 11.4 Å². The van der Waals surface area contributed by atoms with Crippen molar-refractivity contribution >= 4 is 17.6 Å². The van der Waals surface area contributed by atoms with Crippen LogP contribution in [0, 0.1) is 5.21 Å². The summed E-state index contributed by atoms with van der Waals surface area (Å²) in [4.78, 5) is 0. The summed E-state index contributed by atoms with van der Waals surface area (Å²) in [6, 6.07) is 16.2. The fraction of sp³-hybridized carbons (Fsp3) is 0. The van der Waals surface area contributed by atoms with Gasteiger partial charge in [-0.1, -0.05) is 18.2 Å². The van der Waals surface area contributed by atoms with Crippen LogP contribution < -0.4 is 5.73 Å². The van der Waals surface area contributed by atoms with Crippen molar-refractivity contribution in [1.82, 2.24) is 0 Å². The van der Waals surface area contributed by atoms with Gasteiger partial charge >= 0.3 is 0 Å². The van der Waals surface area contributed by atoms with E-state index in [9.17, 15) is 5.21 Å². The van der Waals surface area contributed by atoms with E-state index in [0.717, 1.165) is 10.3 Å². The molecular formula is C13H12N2O. The molecule has 0 saturated heterocycles. The summed E-state index contributed by atoms with van der Waals surface area (Å²) < 4.78 is 0.839. The lowest BCUT2D eigenvalue weighted by molar-refractivity contribution is -0.354. The van der Waals surface area contributed by atoms with Gasteiger partial charge in [-0.15, -0.1) is 0 Å². The number of nitrogens with zero attached hydrogens (tertiary/aromatic N) is 1. The smallest absolute Gasteiger partial charge is 0.216 e. The van der Waals surface area contributed by atoms with Crippen molar-refractivity contribution in [3.05, 3.63) is 65.4 Å². The second-order valence-electron chi connectivity index (χ2n) is 3.46. The second kappa shape index (κ2) is 4.49. The maximum Gasteiger partial charge on any atom is 0.216 e. The van der Waals surface area contributed by atoms with E-state index in [2.05, 4.69) is 0 Å². The first-order valence-corrected chi connectivity index (χ1v) is 4.97. The Hall–Kier alpha value is -2.29. The van der Waals surface area contributed by atoms with Crippen LogP contribution in [0.2, 0.25) is 0 Å². The number of nitrogens with two attached hydrogens (primary N) is 1. The van der Waals surface area contributed by atoms with Crippen LogP contribution in [0.15, 0.2) is 54.6 Å². The average Bonchev–Trinajstić information content (AvgIpc) is 2.33. The van der Waals surface area contributed by atoms with Gasteiger partial charge in [0.25, 0.3) is 0 Å². The Morgan fingerprint density at radius 1 is 0.938 bits per heavy atom. The lowest BCUT2D eigenvalue weighted by Gasteiger charge is -2.02. The molecule has 0 aromatic heterocycles. The van der Waals surface area contributed by atoms with Gasteiger partial charge < -0.3 is 10.9 Å². The van der Waals surface area contributed by atoms with E-state index >= 15 is 0 Å². The van der Waals surface area contributed by atoms with Crippen molar-refractivity contribution in [2.24, 2.45) is 0 Å². The summed E-state index contributed by atoms with van der Waals surface area (Å²) in [6.07, 6.45) is 1.52. The van der Waals surface area contributed by atoms with E-state index < -0.39 is 0 Å². The Balaban J connectivity index is 2.28. The normalized spacial score (nSPS) is 11.4. The molecule has 3 nitrogen and oxygen atoms in total. The standard InChI is InChI=1S/C13H12N2O/c14-12-8-6-11(7-9-12)10-15(16)13-4-2-1-3-5-13/h1-10H,14H2. The van der Waals surface area contributed by atoms with Gasteiger partial charge in [0, 0.05) is 23.4 Å². The highest BCUT2D eigenvalue weighted by atomic mass is 16.5. The summed E-state index contributed by atoms with van der Waals surface area (Å²) in [7, 11) is 0. The maximum absolute atomic E-state index is 11.7. The summed E-state index contributed by atoms with van der Waals surface area (Å²) in [5, 5.41) is 11.7. The van der Waals surface area contributed by atoms with Crippen LogP contribution >= 0.6 is 0 Å². The Morgan fingerprint density at radius 2 is 1.56 bits per heavy atom. The van der Waals surface area contributed by atoms with Crippen molar-refractivity contribution < 1.29 is 4.74 Å². The molecule has 0 fully saturated rings. The molecule has 0 heterocycles. The van der Waals surface area contributed by atoms with E-state index in [1.807, 2.05) is 30.3 Å². The summed E-state index contributed by atoms with van der Waals surface area (Å²) in [6.45, 7) is 0. The fourth-order valence-electron chi connectivity index (χ4n) is 1.37. The molecule has 2 rings (SSSR count). The lowest BCUT2D eigenvalue weighted by atomic mass is 10.2. The van der Waals surface area contributed by atoms with Gasteiger partial charge in [-0.3, -0.25) is 0 Å². The molecule has 0 aliphatic carbocycles. The van der Waals surface area contributed by atoms with Gasteiger partial charge in [-0.2, -0.15) is 4.74 Å². The first-order chi connectivity index (χ1) is 7.75. The summed E-state index contributed by atoms with van der Waals surface area (Å²) >= 11 is 0. The molecule has 2 aromatic rings. The molecule has 0 saturated carbocycles. The third-order valence-corrected chi connectivity index (χ3v) is 2.21. The molecule has 0 amide bonds. The largest absolute Gasteiger partial charge is 0.618 e. The minimum Gasteiger partial charge on any atom is -0.618 e. The first kappa shape index (κ1) is 10.2. The zero-order valence-corrected chi connectivity index (χ0v) is 8.71. The van der Waals surface area contributed by atoms with Crippen LogP contribution in [0.3, 0.4) is 0 Å². The number of benzene rings is 2. The van der Waals surface area contributed by atoms with E-state index in [-0.39, 0.29) is 0 Å². The Labute approximate surface area is 94.0 Å². The molecule has 0 atom stereocenters. The molecule has 2 aromatic carbocycles. The number of anilines is 1. The molecule has 0 aliphatic heterocycles. The highest BCUT2D eigenvalue weighted by Crippen LogP contribution is 2.10. The highest BCUT2D eigenvalue weighted by molar-refractivity contribution is 5.77. The minimum absolute atomic E-state index is 0.610. The minimum atomic E-state index is 0.610. The third kappa shape index (κ3) is 2.39. The second-order valence-corrected chi connectivity index (χ2v) is 3.46. The fourth-order valence-corrected chi connectivity index (χ4v) is 1.37. The van der Waals surface area contributed by atoms with E-state index in [1.165, 1.54) is 6.21 Å². The predicted octanol–water partition coefficient (Wildman–Crippen LogP) is 2.53. The molecule has 0 radical (unpaired) electrons. The van der Waals surface area contributed by atoms with Gasteiger partial charge in [-0.25, -0.2) is 0 Å². The van der Waals surface area contributed by atoms with Gasteiger partial charge in [0.2, 0.25) is 5.69 Å². The molecule has 16 heavy (non-hydrogen) atoms. The highest BCUT2D eigenvalue weighted by Gasteiger charge is 1.99. The molecule has 0 bridgehead atoms. The van der Waals surface area contributed by atoms with Crippen LogP contribution in [0.5, 0.6) is 0 Å². The molecule has 80 valence electrons. The van der Waals surface area contributed by atoms with Crippen LogP contribution in [0.1, 0.15) is 5.56 Å². The molecular weight excluding hydrogens is 200 g/mol. The Kier molecular flexibility index (Phi) is 2.87. The molecule has 0 spiro atoms. The zero-order valence-electron chi connectivity index (χ0n) is 8.71. The summed E-state index contributed by atoms with van der Waals surface area (Å²) in [5.41, 5.74) is 7.69. The van der Waals surface area contributed by atoms with Crippen molar-refractivity contribution in [1.29, 1.82) is 0 Å². The van der Waals surface area contributed by atoms with Gasteiger partial charge in [0.15, 0.2) is 6.21 Å². The number of hydrogen-bond acceptors (Lipinski definition) is 2. The predicted molar refractivity (Wildman–Crippen MR) is 65.7 cm³/mol. The Morgan fingerprint density at radius 3 is 2.19 bits per heavy atom. The molecule has 0 unspecified atom stereocenters. The zero-order chi connectivity index (χ0) is 11.4. The topological polar surface area (TPSA) is 52.1 Å². The van der Waals surface area contributed by atoms with Crippen molar-refractivity contribution in [2.75, 3.05) is 5.73 Å². The average molecular weight is 212 g/mol. The van der Waals surface area contributed by atoms with Crippen LogP contribution in [0.4, 0.5) is 11.4 Å². The number of para-hydroxylation sites is 1. The first-order valence-electron chi connectivity index (χ1n) is 4.97. The van der Waals surface area contributed by atoms with Crippen molar-refractivity contribution in [3.63, 3.8) is 0 Å². The van der Waals surface area contributed by atoms with E-state index in [1.54, 1.807) is 24.3 Å². The molecule has 2 N–H and O–H groups in total. The van der Waals surface area contributed by atoms with Crippen molar-refractivity contribution in [3.8, 4) is 0 Å². The Bertz CT molecular complexity index is 489. The SMILES string of the molecule is Nc1ccc(C=[N+]([O-])c2ccccc2)cc1. The van der Waals surface area contributed by atoms with Crippen LogP contribution in [-0.2, 0) is 0 Å². The number of hydrogen-bond donors (Lipinski definition) is 1. The molecule has 3 heteroatoms. The van der Waals surface area contributed by atoms with Crippen LogP contribution in [0.25, 0.3) is 0 Å². The molecule has 0 aliphatic rings. The third-order valence-electron chi connectivity index (χ3n) is 2.21. The monoisotopic (exact) mass is 212 g/mol.